The fourth-order valence-electron chi connectivity index (χ4n) is 4.26. The summed E-state index contributed by atoms with van der Waals surface area (Å²) in [6.07, 6.45) is -5.12. The molecule has 20 heteroatoms. The molecular formula is C23H27F9N4O7. The Labute approximate surface area is 237 Å². The molecule has 4 heterocycles. The van der Waals surface area contributed by atoms with Crippen LogP contribution in [0.4, 0.5) is 39.5 Å². The number of halogens is 9. The molecule has 244 valence electrons. The largest absolute Gasteiger partial charge is 0.490 e. The molecule has 43 heavy (non-hydrogen) atoms. The summed E-state index contributed by atoms with van der Waals surface area (Å²) in [4.78, 5) is 31.9. The summed E-state index contributed by atoms with van der Waals surface area (Å²) in [5.41, 5.74) is 1.29. The lowest BCUT2D eigenvalue weighted by Crippen LogP contribution is -2.45. The van der Waals surface area contributed by atoms with E-state index in [1.807, 2.05) is 18.5 Å². The van der Waals surface area contributed by atoms with Crippen molar-refractivity contribution < 1.29 is 73.6 Å². The molecule has 0 bridgehead atoms. The number of fused-ring (bicyclic) bond motifs is 1. The Balaban J connectivity index is 0.000000363. The Bertz CT molecular complexity index is 1080. The van der Waals surface area contributed by atoms with Crippen LogP contribution >= 0.6 is 0 Å². The smallest absolute Gasteiger partial charge is 0.475 e. The highest BCUT2D eigenvalue weighted by Crippen LogP contribution is 2.35. The highest BCUT2D eigenvalue weighted by molar-refractivity contribution is 5.73. The van der Waals surface area contributed by atoms with Gasteiger partial charge in [0.2, 0.25) is 0 Å². The standard InChI is InChI=1S/C17H24N4O.3C2HF3O2/c1-19-16(12-21-6-2-5-18-21)9-15-11-20(7-3-17(15)19)10-14-4-8-22-13-14;3*3-2(4,5)1(6)7/h2,4-6,8,13,15-17H,3,7,9-12H2,1H3;3*(H,6,7)/t15-,16+,17+;;;/m1.../s1. The quantitative estimate of drug-likeness (QED) is 0.419. The molecule has 2 saturated heterocycles. The summed E-state index contributed by atoms with van der Waals surface area (Å²) in [5, 5.41) is 25.7. The maximum atomic E-state index is 10.6. The molecule has 0 radical (unpaired) electrons. The van der Waals surface area contributed by atoms with Crippen LogP contribution in [-0.2, 0) is 27.5 Å². The molecule has 0 saturated carbocycles. The lowest BCUT2D eigenvalue weighted by molar-refractivity contribution is -0.193. The average molecular weight is 642 g/mol. The molecule has 3 N–H and O–H groups in total. The fraction of sp³-hybridized carbons (Fsp3) is 0.565. The Morgan fingerprint density at radius 2 is 1.47 bits per heavy atom. The number of furan rings is 1. The van der Waals surface area contributed by atoms with E-state index in [1.165, 1.54) is 31.5 Å². The van der Waals surface area contributed by atoms with E-state index in [0.717, 1.165) is 25.0 Å². The first-order valence-electron chi connectivity index (χ1n) is 12.0. The van der Waals surface area contributed by atoms with E-state index in [1.54, 1.807) is 6.26 Å². The number of nitrogens with zero attached hydrogens (tertiary/aromatic N) is 4. The van der Waals surface area contributed by atoms with Gasteiger partial charge in [0, 0.05) is 43.1 Å². The summed E-state index contributed by atoms with van der Waals surface area (Å²) in [7, 11) is 2.30. The molecule has 4 rings (SSSR count). The van der Waals surface area contributed by atoms with Gasteiger partial charge in [-0.2, -0.15) is 44.6 Å². The highest BCUT2D eigenvalue weighted by atomic mass is 19.4. The Hall–Kier alpha value is -3.81. The number of likely N-dealkylation sites (tertiary alicyclic amines) is 2. The zero-order valence-electron chi connectivity index (χ0n) is 22.1. The van der Waals surface area contributed by atoms with Gasteiger partial charge in [0.1, 0.15) is 0 Å². The van der Waals surface area contributed by atoms with Crippen LogP contribution in [0.5, 0.6) is 0 Å². The molecule has 0 unspecified atom stereocenters. The van der Waals surface area contributed by atoms with Crippen molar-refractivity contribution in [2.45, 2.75) is 56.5 Å². The van der Waals surface area contributed by atoms with Crippen LogP contribution in [0.15, 0.2) is 41.5 Å². The number of likely N-dealkylation sites (N-methyl/N-ethyl adjacent to an activating group) is 1. The fourth-order valence-corrected chi connectivity index (χ4v) is 4.26. The van der Waals surface area contributed by atoms with Gasteiger partial charge in [0.05, 0.1) is 19.1 Å². The van der Waals surface area contributed by atoms with E-state index in [9.17, 15) is 39.5 Å². The molecule has 0 aliphatic carbocycles. The third-order valence-corrected chi connectivity index (χ3v) is 6.12. The van der Waals surface area contributed by atoms with Crippen LogP contribution in [0.1, 0.15) is 18.4 Å². The van der Waals surface area contributed by atoms with Crippen molar-refractivity contribution in [3.8, 4) is 0 Å². The summed E-state index contributed by atoms with van der Waals surface area (Å²) in [6.45, 7) is 4.42. The molecule has 2 aromatic heterocycles. The van der Waals surface area contributed by atoms with Crippen LogP contribution in [0.25, 0.3) is 0 Å². The second-order valence-electron chi connectivity index (χ2n) is 9.17. The number of alkyl halides is 9. The average Bonchev–Trinajstić information content (AvgIpc) is 3.62. The lowest BCUT2D eigenvalue weighted by Gasteiger charge is -2.37. The molecule has 2 fully saturated rings. The second kappa shape index (κ2) is 15.6. The first-order valence-corrected chi connectivity index (χ1v) is 12.0. The van der Waals surface area contributed by atoms with Crippen LogP contribution in [-0.4, -0.2) is 104 Å². The molecule has 3 atom stereocenters. The summed E-state index contributed by atoms with van der Waals surface area (Å²) in [5.74, 6) is -7.49. The number of hydrogen-bond donors (Lipinski definition) is 3. The zero-order valence-corrected chi connectivity index (χ0v) is 22.1. The lowest BCUT2D eigenvalue weighted by atomic mass is 9.92. The minimum absolute atomic E-state index is 0.615. The molecule has 0 spiro atoms. The number of carboxylic acid groups (broad SMARTS) is 3. The number of hydrogen-bond acceptors (Lipinski definition) is 7. The first kappa shape index (κ1) is 37.2. The minimum atomic E-state index is -5.08. The van der Waals surface area contributed by atoms with E-state index in [2.05, 4.69) is 38.9 Å². The van der Waals surface area contributed by atoms with E-state index in [4.69, 9.17) is 34.1 Å². The predicted molar refractivity (Wildman–Crippen MR) is 125 cm³/mol. The SMILES string of the molecule is CN1[C@H](Cn2cccn2)C[C@@H]2CN(Cc3ccoc3)CC[C@@H]21.O=C(O)C(F)(F)F.O=C(O)C(F)(F)F.O=C(O)C(F)(F)F. The Morgan fingerprint density at radius 1 is 0.953 bits per heavy atom. The van der Waals surface area contributed by atoms with Gasteiger partial charge in [0.15, 0.2) is 0 Å². The number of rotatable bonds is 4. The van der Waals surface area contributed by atoms with Crippen molar-refractivity contribution >= 4 is 17.9 Å². The first-order chi connectivity index (χ1) is 19.6. The van der Waals surface area contributed by atoms with Gasteiger partial charge >= 0.3 is 36.4 Å². The number of carbonyl (C=O) groups is 3. The van der Waals surface area contributed by atoms with Crippen LogP contribution in [0.2, 0.25) is 0 Å². The predicted octanol–water partition coefficient (Wildman–Crippen LogP) is 3.97. The van der Waals surface area contributed by atoms with Crippen molar-refractivity contribution in [2.75, 3.05) is 20.1 Å². The number of carboxylic acids is 3. The number of aliphatic carboxylic acids is 3. The van der Waals surface area contributed by atoms with Gasteiger partial charge in [-0.05, 0) is 44.5 Å². The van der Waals surface area contributed by atoms with Gasteiger partial charge in [-0.1, -0.05) is 0 Å². The van der Waals surface area contributed by atoms with E-state index in [0.29, 0.717) is 6.04 Å². The van der Waals surface area contributed by atoms with E-state index < -0.39 is 36.4 Å². The molecule has 2 aromatic rings. The maximum absolute atomic E-state index is 10.6. The summed E-state index contributed by atoms with van der Waals surface area (Å²) >= 11 is 0. The molecular weight excluding hydrogens is 615 g/mol. The highest BCUT2D eigenvalue weighted by Gasteiger charge is 2.42. The van der Waals surface area contributed by atoms with E-state index >= 15 is 0 Å². The molecule has 0 aromatic carbocycles. The molecule has 11 nitrogen and oxygen atoms in total. The van der Waals surface area contributed by atoms with Crippen molar-refractivity contribution in [1.29, 1.82) is 0 Å². The monoisotopic (exact) mass is 642 g/mol. The van der Waals surface area contributed by atoms with E-state index in [-0.39, 0.29) is 0 Å². The Morgan fingerprint density at radius 3 is 1.86 bits per heavy atom. The molecule has 2 aliphatic rings. The van der Waals surface area contributed by atoms with Gasteiger partial charge < -0.3 is 19.7 Å². The zero-order chi connectivity index (χ0) is 33.2. The minimum Gasteiger partial charge on any atom is -0.475 e. The van der Waals surface area contributed by atoms with Crippen LogP contribution in [0, 0.1) is 5.92 Å². The molecule has 0 amide bonds. The number of aromatic nitrogens is 2. The Kier molecular flexibility index (Phi) is 13.5. The van der Waals surface area contributed by atoms with Crippen molar-refractivity contribution in [3.05, 3.63) is 42.6 Å². The molecule has 2 aliphatic heterocycles. The third kappa shape index (κ3) is 13.4. The summed E-state index contributed by atoms with van der Waals surface area (Å²) in [6, 6.07) is 5.44. The number of piperidine rings is 1. The summed E-state index contributed by atoms with van der Waals surface area (Å²) < 4.78 is 102. The van der Waals surface area contributed by atoms with Gasteiger partial charge in [-0.15, -0.1) is 0 Å². The van der Waals surface area contributed by atoms with Crippen LogP contribution in [0.3, 0.4) is 0 Å². The second-order valence-corrected chi connectivity index (χ2v) is 9.17. The van der Waals surface area contributed by atoms with Gasteiger partial charge in [-0.25, -0.2) is 14.4 Å². The van der Waals surface area contributed by atoms with Crippen molar-refractivity contribution in [3.63, 3.8) is 0 Å². The van der Waals surface area contributed by atoms with Gasteiger partial charge in [0.25, 0.3) is 0 Å². The normalized spacial score (nSPS) is 20.7. The van der Waals surface area contributed by atoms with Crippen molar-refractivity contribution in [1.82, 2.24) is 19.6 Å². The maximum Gasteiger partial charge on any atom is 0.490 e. The van der Waals surface area contributed by atoms with Crippen LogP contribution < -0.4 is 0 Å². The topological polar surface area (TPSA) is 149 Å². The third-order valence-electron chi connectivity index (χ3n) is 6.12. The van der Waals surface area contributed by atoms with Crippen molar-refractivity contribution in [2.24, 2.45) is 5.92 Å². The van der Waals surface area contributed by atoms with Gasteiger partial charge in [-0.3, -0.25) is 14.5 Å².